The largest absolute Gasteiger partial charge is 0.346 e. The van der Waals surface area contributed by atoms with Crippen molar-refractivity contribution in [2.24, 2.45) is 0 Å². The van der Waals surface area contributed by atoms with E-state index in [2.05, 4.69) is 34.4 Å². The number of rotatable bonds is 8. The molecule has 1 heterocycles. The topological polar surface area (TPSA) is 88.4 Å². The third-order valence-electron chi connectivity index (χ3n) is 4.85. The predicted octanol–water partition coefficient (Wildman–Crippen LogP) is 1.54. The number of amides is 2. The fourth-order valence-corrected chi connectivity index (χ4v) is 3.03. The Balaban J connectivity index is 1.58. The molecule has 0 aliphatic heterocycles. The second kappa shape index (κ2) is 9.75. The second-order valence-electron chi connectivity index (χ2n) is 6.74. The first-order valence-corrected chi connectivity index (χ1v) is 9.85. The van der Waals surface area contributed by atoms with Crippen molar-refractivity contribution < 1.29 is 14.5 Å². The van der Waals surface area contributed by atoms with Crippen molar-refractivity contribution in [1.82, 2.24) is 15.3 Å². The zero-order chi connectivity index (χ0) is 20.6. The number of quaternary nitrogens is 1. The van der Waals surface area contributed by atoms with Crippen LogP contribution in [0.15, 0.2) is 54.7 Å². The van der Waals surface area contributed by atoms with Crippen molar-refractivity contribution in [2.45, 2.75) is 13.8 Å². The molecule has 0 bridgehead atoms. The van der Waals surface area contributed by atoms with Gasteiger partial charge in [0.05, 0.1) is 43.4 Å². The Bertz CT molecular complexity index is 984. The Labute approximate surface area is 170 Å². The monoisotopic (exact) mass is 392 g/mol. The van der Waals surface area contributed by atoms with Crippen LogP contribution in [0.3, 0.4) is 0 Å². The number of hydrogen-bond acceptors (Lipinski definition) is 4. The highest BCUT2D eigenvalue weighted by Gasteiger charge is 2.11. The molecule has 0 saturated carbocycles. The summed E-state index contributed by atoms with van der Waals surface area (Å²) in [4.78, 5) is 34.7. The lowest BCUT2D eigenvalue weighted by atomic mass is 10.2. The third-order valence-corrected chi connectivity index (χ3v) is 4.85. The van der Waals surface area contributed by atoms with Crippen molar-refractivity contribution >= 4 is 28.5 Å². The van der Waals surface area contributed by atoms with Gasteiger partial charge in [0.25, 0.3) is 11.8 Å². The van der Waals surface area contributed by atoms with E-state index in [1.54, 1.807) is 24.3 Å². The molecule has 0 aliphatic rings. The van der Waals surface area contributed by atoms with Gasteiger partial charge in [-0.05, 0) is 50.2 Å². The lowest BCUT2D eigenvalue weighted by Gasteiger charge is -2.15. The van der Waals surface area contributed by atoms with Gasteiger partial charge in [0, 0.05) is 11.3 Å². The summed E-state index contributed by atoms with van der Waals surface area (Å²) in [6.45, 7) is 7.90. The van der Waals surface area contributed by atoms with Crippen LogP contribution < -0.4 is 15.5 Å². The van der Waals surface area contributed by atoms with Crippen molar-refractivity contribution in [3.63, 3.8) is 0 Å². The van der Waals surface area contributed by atoms with E-state index in [0.717, 1.165) is 25.2 Å². The van der Waals surface area contributed by atoms with Crippen molar-refractivity contribution in [1.29, 1.82) is 0 Å². The summed E-state index contributed by atoms with van der Waals surface area (Å²) in [6.07, 6.45) is 1.46. The number of carbonyl (C=O) groups excluding carboxylic acids is 2. The van der Waals surface area contributed by atoms with Gasteiger partial charge in [-0.2, -0.15) is 0 Å². The fourth-order valence-electron chi connectivity index (χ4n) is 3.03. The quantitative estimate of drug-likeness (QED) is 0.543. The predicted molar refractivity (Wildman–Crippen MR) is 113 cm³/mol. The SMILES string of the molecule is CC[NH+](CC)CCNC(=O)c1ccc(NC(=O)c2cnc3ccccc3n2)cc1. The Kier molecular flexibility index (Phi) is 6.86. The van der Waals surface area contributed by atoms with Crippen LogP contribution in [-0.4, -0.2) is 48.0 Å². The van der Waals surface area contributed by atoms with Gasteiger partial charge in [-0.25, -0.2) is 4.98 Å². The zero-order valence-electron chi connectivity index (χ0n) is 16.7. The van der Waals surface area contributed by atoms with Crippen LogP contribution in [0.1, 0.15) is 34.7 Å². The molecule has 29 heavy (non-hydrogen) atoms. The van der Waals surface area contributed by atoms with Gasteiger partial charge in [0.15, 0.2) is 0 Å². The molecule has 7 nitrogen and oxygen atoms in total. The molecule has 150 valence electrons. The van der Waals surface area contributed by atoms with Crippen LogP contribution in [0, 0.1) is 0 Å². The molecule has 0 unspecified atom stereocenters. The molecule has 0 fully saturated rings. The maximum absolute atomic E-state index is 12.4. The van der Waals surface area contributed by atoms with E-state index in [1.807, 2.05) is 24.3 Å². The number of likely N-dealkylation sites (N-methyl/N-ethyl adjacent to an activating group) is 1. The molecule has 0 radical (unpaired) electrons. The van der Waals surface area contributed by atoms with Crippen molar-refractivity contribution in [3.05, 3.63) is 66.0 Å². The van der Waals surface area contributed by atoms with Crippen molar-refractivity contribution in [3.8, 4) is 0 Å². The number of anilines is 1. The molecule has 0 atom stereocenters. The van der Waals surface area contributed by atoms with Crippen LogP contribution in [0.5, 0.6) is 0 Å². The summed E-state index contributed by atoms with van der Waals surface area (Å²) in [7, 11) is 0. The third kappa shape index (κ3) is 5.36. The molecule has 3 N–H and O–H groups in total. The summed E-state index contributed by atoms with van der Waals surface area (Å²) in [5.41, 5.74) is 2.79. The van der Waals surface area contributed by atoms with E-state index in [1.165, 1.54) is 11.1 Å². The Morgan fingerprint density at radius 2 is 1.62 bits per heavy atom. The molecular weight excluding hydrogens is 366 g/mol. The number of nitrogens with zero attached hydrogens (tertiary/aromatic N) is 2. The Morgan fingerprint density at radius 3 is 2.31 bits per heavy atom. The highest BCUT2D eigenvalue weighted by molar-refractivity contribution is 6.04. The van der Waals surface area contributed by atoms with E-state index >= 15 is 0 Å². The van der Waals surface area contributed by atoms with Crippen LogP contribution in [0.25, 0.3) is 11.0 Å². The van der Waals surface area contributed by atoms with E-state index < -0.39 is 0 Å². The number of hydrogen-bond donors (Lipinski definition) is 3. The Hall–Kier alpha value is -3.32. The molecule has 3 aromatic rings. The Morgan fingerprint density at radius 1 is 0.931 bits per heavy atom. The normalized spacial score (nSPS) is 10.9. The van der Waals surface area contributed by atoms with Gasteiger partial charge in [-0.1, -0.05) is 12.1 Å². The summed E-state index contributed by atoms with van der Waals surface area (Å²) in [6, 6.07) is 14.2. The first kappa shape index (κ1) is 20.4. The smallest absolute Gasteiger partial charge is 0.275 e. The number of carbonyl (C=O) groups is 2. The minimum Gasteiger partial charge on any atom is -0.346 e. The second-order valence-corrected chi connectivity index (χ2v) is 6.74. The van der Waals surface area contributed by atoms with Gasteiger partial charge in [0.2, 0.25) is 0 Å². The van der Waals surface area contributed by atoms with E-state index in [-0.39, 0.29) is 17.5 Å². The van der Waals surface area contributed by atoms with Crippen molar-refractivity contribution in [2.75, 3.05) is 31.5 Å². The lowest BCUT2D eigenvalue weighted by molar-refractivity contribution is -0.895. The molecule has 3 rings (SSSR count). The van der Waals surface area contributed by atoms with Gasteiger partial charge < -0.3 is 15.5 Å². The molecule has 2 aromatic carbocycles. The molecular formula is C22H26N5O2+. The molecule has 0 saturated heterocycles. The molecule has 0 spiro atoms. The van der Waals surface area contributed by atoms with Crippen LogP contribution >= 0.6 is 0 Å². The highest BCUT2D eigenvalue weighted by Crippen LogP contribution is 2.13. The van der Waals surface area contributed by atoms with E-state index in [9.17, 15) is 9.59 Å². The lowest BCUT2D eigenvalue weighted by Crippen LogP contribution is -3.12. The maximum Gasteiger partial charge on any atom is 0.275 e. The first-order valence-electron chi connectivity index (χ1n) is 9.85. The van der Waals surface area contributed by atoms with Gasteiger partial charge >= 0.3 is 0 Å². The average molecular weight is 392 g/mol. The summed E-state index contributed by atoms with van der Waals surface area (Å²) >= 11 is 0. The van der Waals surface area contributed by atoms with Crippen LogP contribution in [0.4, 0.5) is 5.69 Å². The number of fused-ring (bicyclic) bond motifs is 1. The fraction of sp³-hybridized carbons (Fsp3) is 0.273. The highest BCUT2D eigenvalue weighted by atomic mass is 16.2. The van der Waals surface area contributed by atoms with Gasteiger partial charge in [0.1, 0.15) is 5.69 Å². The van der Waals surface area contributed by atoms with Gasteiger partial charge in [-0.15, -0.1) is 0 Å². The number of aromatic nitrogens is 2. The first-order chi connectivity index (χ1) is 14.1. The minimum absolute atomic E-state index is 0.116. The number of nitrogens with one attached hydrogen (secondary N) is 3. The standard InChI is InChI=1S/C22H25N5O2/c1-3-27(4-2)14-13-23-21(28)16-9-11-17(12-10-16)25-22(29)20-15-24-18-7-5-6-8-19(18)26-20/h5-12,15H,3-4,13-14H2,1-2H3,(H,23,28)(H,25,29)/p+1. The molecule has 1 aromatic heterocycles. The number of para-hydroxylation sites is 2. The van der Waals surface area contributed by atoms with Crippen LogP contribution in [-0.2, 0) is 0 Å². The molecule has 7 heteroatoms. The van der Waals surface area contributed by atoms with Crippen LogP contribution in [0.2, 0.25) is 0 Å². The van der Waals surface area contributed by atoms with E-state index in [0.29, 0.717) is 23.3 Å². The average Bonchev–Trinajstić information content (AvgIpc) is 2.76. The molecule has 2 amide bonds. The maximum atomic E-state index is 12.4. The summed E-state index contributed by atoms with van der Waals surface area (Å²) < 4.78 is 0. The van der Waals surface area contributed by atoms with E-state index in [4.69, 9.17) is 0 Å². The summed E-state index contributed by atoms with van der Waals surface area (Å²) in [5, 5.41) is 5.72. The summed E-state index contributed by atoms with van der Waals surface area (Å²) in [5.74, 6) is -0.461. The van der Waals surface area contributed by atoms with Gasteiger partial charge in [-0.3, -0.25) is 14.6 Å². The molecule has 0 aliphatic carbocycles. The zero-order valence-corrected chi connectivity index (χ0v) is 16.7. The minimum atomic E-state index is -0.345. The number of benzene rings is 2.